The number of aromatic nitrogens is 1. The fraction of sp³-hybridized carbons (Fsp3) is 0.156. The molecule has 17 nitrogen and oxygen atoms in total. The number of aromatic hydroxyl groups is 3. The molecule has 5 rings (SSSR count). The van der Waals surface area contributed by atoms with Gasteiger partial charge in [-0.15, -0.1) is 0 Å². The van der Waals surface area contributed by atoms with Crippen LogP contribution in [0.25, 0.3) is 6.08 Å². The number of Topliss-reactive ketones (excluding diaryl/α,β-unsaturated/α-hetero) is 2. The van der Waals surface area contributed by atoms with Crippen LogP contribution in [-0.4, -0.2) is 74.9 Å². The minimum Gasteiger partial charge on any atom is -0.508 e. The summed E-state index contributed by atoms with van der Waals surface area (Å²) in [5.74, 6) is -7.13. The van der Waals surface area contributed by atoms with Gasteiger partial charge in [-0.1, -0.05) is 18.2 Å². The van der Waals surface area contributed by atoms with Gasteiger partial charge in [-0.2, -0.15) is 5.26 Å². The number of methoxy groups -OCH3 is 2. The number of carboxylic acids is 1. The van der Waals surface area contributed by atoms with Crippen LogP contribution in [0, 0.1) is 17.2 Å². The smallest absolute Gasteiger partial charge is 0.339 e. The molecule has 0 saturated heterocycles. The van der Waals surface area contributed by atoms with Crippen LogP contribution in [0.5, 0.6) is 28.7 Å². The SMILES string of the molecule is COc1c(NC(=O)c2ccc(NC(=O)c3ccc(NC(=O)[C@H](CC#N)CC(=O)c4ccc(CC(=O)/C(C)=C/c5ccc(O)cc5)cn4)cc3)c(OC)c2O)ccc(C(=O)O)c1O. The molecule has 316 valence electrons. The van der Waals surface area contributed by atoms with Crippen LogP contribution in [0.4, 0.5) is 17.1 Å². The number of nitrogens with one attached hydrogen (secondary N) is 3. The van der Waals surface area contributed by atoms with Gasteiger partial charge in [-0.05, 0) is 96.4 Å². The van der Waals surface area contributed by atoms with E-state index in [1.807, 2.05) is 6.07 Å². The van der Waals surface area contributed by atoms with Gasteiger partial charge in [0.2, 0.25) is 5.91 Å². The molecule has 0 fully saturated rings. The number of anilines is 3. The summed E-state index contributed by atoms with van der Waals surface area (Å²) < 4.78 is 10.3. The molecule has 0 spiro atoms. The minimum atomic E-state index is -1.42. The highest BCUT2D eigenvalue weighted by molar-refractivity contribution is 6.10. The molecule has 0 unspecified atom stereocenters. The molecule has 0 aliphatic heterocycles. The Kier molecular flexibility index (Phi) is 14.4. The lowest BCUT2D eigenvalue weighted by atomic mass is 9.96. The summed E-state index contributed by atoms with van der Waals surface area (Å²) in [6, 6.07) is 21.7. The van der Waals surface area contributed by atoms with Crippen molar-refractivity contribution in [2.24, 2.45) is 5.92 Å². The third-order valence-electron chi connectivity index (χ3n) is 9.39. The number of carbonyl (C=O) groups excluding carboxylic acids is 5. The Balaban J connectivity index is 1.18. The van der Waals surface area contributed by atoms with E-state index in [4.69, 9.17) is 9.47 Å². The molecule has 0 saturated carbocycles. The van der Waals surface area contributed by atoms with Gasteiger partial charge in [-0.25, -0.2) is 4.79 Å². The predicted octanol–water partition coefficient (Wildman–Crippen LogP) is 6.37. The van der Waals surface area contributed by atoms with Crippen LogP contribution in [-0.2, 0) is 16.0 Å². The topological polar surface area (TPSA) is 275 Å². The Hall–Kier alpha value is -8.52. The lowest BCUT2D eigenvalue weighted by Crippen LogP contribution is -2.25. The van der Waals surface area contributed by atoms with E-state index in [0.29, 0.717) is 11.1 Å². The summed E-state index contributed by atoms with van der Waals surface area (Å²) in [5.41, 5.74) is 1.37. The van der Waals surface area contributed by atoms with Crippen molar-refractivity contribution in [2.75, 3.05) is 30.2 Å². The summed E-state index contributed by atoms with van der Waals surface area (Å²) in [7, 11) is 2.36. The Morgan fingerprint density at radius 2 is 1.35 bits per heavy atom. The van der Waals surface area contributed by atoms with Crippen LogP contribution in [0.15, 0.2) is 96.7 Å². The van der Waals surface area contributed by atoms with E-state index < -0.39 is 52.5 Å². The lowest BCUT2D eigenvalue weighted by molar-refractivity contribution is -0.119. The highest BCUT2D eigenvalue weighted by Gasteiger charge is 2.26. The molecule has 7 N–H and O–H groups in total. The maximum Gasteiger partial charge on any atom is 0.339 e. The number of phenolic OH excluding ortho intramolecular Hbond substituents is 2. The van der Waals surface area contributed by atoms with Crippen molar-refractivity contribution in [2.45, 2.75) is 26.2 Å². The molecule has 1 atom stereocenters. The average Bonchev–Trinajstić information content (AvgIpc) is 3.24. The summed E-state index contributed by atoms with van der Waals surface area (Å²) in [6.45, 7) is 1.68. The third-order valence-corrected chi connectivity index (χ3v) is 9.39. The molecule has 62 heavy (non-hydrogen) atoms. The fourth-order valence-electron chi connectivity index (χ4n) is 6.06. The zero-order chi connectivity index (χ0) is 45.1. The standard InChI is InChI=1S/C45H39N5O12/c1-24(20-25-4-11-30(51)12-5-25)36(52)21-26-6-15-33(47-23-26)37(53)22-28(18-19-46)43(57)48-29-9-7-27(8-10-29)42(56)49-34-16-13-31(38(54)40(34)61-2)44(58)50-35-17-14-32(45(59)60)39(55)41(35)62-3/h4-17,20,23,28,51,54-55H,18,21-22H2,1-3H3,(H,48,57)(H,49,56)(H,50,58)(H,59,60)/b24-20+/t28-/m1/s1. The summed E-state index contributed by atoms with van der Waals surface area (Å²) in [5, 5.41) is 57.0. The van der Waals surface area contributed by atoms with E-state index in [9.17, 15) is 54.5 Å². The molecule has 1 aromatic heterocycles. The van der Waals surface area contributed by atoms with E-state index in [1.165, 1.54) is 74.0 Å². The number of nitriles is 1. The number of hydrogen-bond acceptors (Lipinski definition) is 13. The summed E-state index contributed by atoms with van der Waals surface area (Å²) in [6.07, 6.45) is 2.54. The van der Waals surface area contributed by atoms with Crippen molar-refractivity contribution in [3.05, 3.63) is 130 Å². The van der Waals surface area contributed by atoms with Gasteiger partial charge in [0.1, 0.15) is 17.0 Å². The Morgan fingerprint density at radius 1 is 0.758 bits per heavy atom. The number of aromatic carboxylic acids is 1. The highest BCUT2D eigenvalue weighted by Crippen LogP contribution is 2.40. The van der Waals surface area contributed by atoms with Gasteiger partial charge in [0.05, 0.1) is 43.1 Å². The van der Waals surface area contributed by atoms with E-state index in [-0.39, 0.29) is 76.2 Å². The Labute approximate surface area is 353 Å². The normalized spacial score (nSPS) is 11.4. The van der Waals surface area contributed by atoms with Gasteiger partial charge in [0.25, 0.3) is 11.8 Å². The van der Waals surface area contributed by atoms with Crippen LogP contribution < -0.4 is 25.4 Å². The predicted molar refractivity (Wildman–Crippen MR) is 225 cm³/mol. The van der Waals surface area contributed by atoms with Gasteiger partial charge < -0.3 is 45.9 Å². The Bertz CT molecular complexity index is 2620. The Morgan fingerprint density at radius 3 is 1.92 bits per heavy atom. The van der Waals surface area contributed by atoms with Crippen molar-refractivity contribution in [3.63, 3.8) is 0 Å². The molecule has 0 bridgehead atoms. The van der Waals surface area contributed by atoms with Crippen LogP contribution >= 0.6 is 0 Å². The van der Waals surface area contributed by atoms with Gasteiger partial charge in [0, 0.05) is 36.7 Å². The van der Waals surface area contributed by atoms with E-state index in [1.54, 1.807) is 31.2 Å². The first-order valence-corrected chi connectivity index (χ1v) is 18.6. The molecule has 0 radical (unpaired) electrons. The number of carboxylic acid groups (broad SMARTS) is 1. The summed E-state index contributed by atoms with van der Waals surface area (Å²) >= 11 is 0. The van der Waals surface area contributed by atoms with Crippen LogP contribution in [0.1, 0.15) is 72.5 Å². The minimum absolute atomic E-state index is 0.0131. The van der Waals surface area contributed by atoms with Crippen molar-refractivity contribution in [1.82, 2.24) is 4.98 Å². The quantitative estimate of drug-likeness (QED) is 0.0396. The number of phenols is 3. The number of carbonyl (C=O) groups is 6. The molecule has 4 aromatic carbocycles. The first-order valence-electron chi connectivity index (χ1n) is 18.6. The van der Waals surface area contributed by atoms with Crippen molar-refractivity contribution >= 4 is 58.4 Å². The number of ether oxygens (including phenoxy) is 2. The lowest BCUT2D eigenvalue weighted by Gasteiger charge is -2.16. The first kappa shape index (κ1) is 44.6. The molecule has 0 aliphatic rings. The van der Waals surface area contributed by atoms with E-state index >= 15 is 0 Å². The number of ketones is 2. The van der Waals surface area contributed by atoms with Gasteiger partial charge in [0.15, 0.2) is 34.6 Å². The molecule has 1 heterocycles. The van der Waals surface area contributed by atoms with Crippen molar-refractivity contribution in [3.8, 4) is 34.8 Å². The van der Waals surface area contributed by atoms with Gasteiger partial charge in [-0.3, -0.25) is 29.0 Å². The van der Waals surface area contributed by atoms with Gasteiger partial charge >= 0.3 is 5.97 Å². The third kappa shape index (κ3) is 10.7. The van der Waals surface area contributed by atoms with Crippen LogP contribution in [0.2, 0.25) is 0 Å². The number of benzene rings is 4. The molecule has 17 heteroatoms. The molecular weight excluding hydrogens is 803 g/mol. The summed E-state index contributed by atoms with van der Waals surface area (Å²) in [4.78, 5) is 81.0. The number of rotatable bonds is 17. The number of hydrogen-bond donors (Lipinski definition) is 7. The maximum absolute atomic E-state index is 13.2. The fourth-order valence-corrected chi connectivity index (χ4v) is 6.06. The molecule has 0 aliphatic carbocycles. The van der Waals surface area contributed by atoms with E-state index in [0.717, 1.165) is 18.7 Å². The number of nitrogens with zero attached hydrogens (tertiary/aromatic N) is 2. The monoisotopic (exact) mass is 841 g/mol. The maximum atomic E-state index is 13.2. The zero-order valence-electron chi connectivity index (χ0n) is 33.4. The van der Waals surface area contributed by atoms with Crippen molar-refractivity contribution in [1.29, 1.82) is 5.26 Å². The second-order valence-electron chi connectivity index (χ2n) is 13.6. The largest absolute Gasteiger partial charge is 0.508 e. The first-order chi connectivity index (χ1) is 29.6. The number of pyridine rings is 1. The second-order valence-corrected chi connectivity index (χ2v) is 13.6. The molecule has 5 aromatic rings. The molecule has 3 amide bonds. The highest BCUT2D eigenvalue weighted by atomic mass is 16.5. The van der Waals surface area contributed by atoms with E-state index in [2.05, 4.69) is 20.9 Å². The zero-order valence-corrected chi connectivity index (χ0v) is 33.4. The van der Waals surface area contributed by atoms with Crippen LogP contribution in [0.3, 0.4) is 0 Å². The average molecular weight is 842 g/mol. The molecular formula is C45H39N5O12. The second kappa shape index (κ2) is 20.0. The van der Waals surface area contributed by atoms with Crippen molar-refractivity contribution < 1.29 is 58.7 Å². The number of amides is 3. The number of allylic oxidation sites excluding steroid dienone is 1.